The smallest absolute Gasteiger partial charge is 0.264 e. The van der Waals surface area contributed by atoms with Crippen molar-refractivity contribution in [1.29, 1.82) is 0 Å². The Morgan fingerprint density at radius 3 is 2.25 bits per heavy atom. The first kappa shape index (κ1) is 22.0. The molecular formula is C28H29NO3. The van der Waals surface area contributed by atoms with Crippen molar-refractivity contribution in [3.05, 3.63) is 101 Å². The van der Waals surface area contributed by atoms with Crippen molar-refractivity contribution in [2.24, 2.45) is 0 Å². The van der Waals surface area contributed by atoms with Gasteiger partial charge in [-0.25, -0.2) is 0 Å². The highest BCUT2D eigenvalue weighted by Gasteiger charge is 2.50. The molecule has 1 atom stereocenters. The Labute approximate surface area is 189 Å². The minimum Gasteiger partial charge on any atom is -0.375 e. The Balaban J connectivity index is 1.51. The summed E-state index contributed by atoms with van der Waals surface area (Å²) in [7, 11) is 0. The molecule has 1 unspecified atom stereocenters. The summed E-state index contributed by atoms with van der Waals surface area (Å²) in [4.78, 5) is 28.0. The summed E-state index contributed by atoms with van der Waals surface area (Å²) in [6, 6.07) is 24.9. The minimum absolute atomic E-state index is 0.232. The van der Waals surface area contributed by atoms with Crippen LogP contribution in [0.1, 0.15) is 53.2 Å². The Morgan fingerprint density at radius 1 is 0.875 bits per heavy atom. The molecule has 0 aromatic heterocycles. The van der Waals surface area contributed by atoms with Gasteiger partial charge in [0.05, 0.1) is 12.1 Å². The number of para-hydroxylation sites is 1. The lowest BCUT2D eigenvalue weighted by molar-refractivity contribution is -0.135. The summed E-state index contributed by atoms with van der Waals surface area (Å²) < 4.78 is 0. The summed E-state index contributed by atoms with van der Waals surface area (Å²) >= 11 is 0. The standard InChI is InChI=1S/C28H29NO3/c1-2-9-21-15-17-23(18-16-21)26(30)20-28(32)24-13-6-7-14-25(24)29(27(28)31)19-8-12-22-10-4-3-5-11-22/h3-7,10-11,13-18,32H,2,8-9,12,19-20H2,1H3. The van der Waals surface area contributed by atoms with Gasteiger partial charge in [0.1, 0.15) is 0 Å². The van der Waals surface area contributed by atoms with Gasteiger partial charge in [0.15, 0.2) is 11.4 Å². The van der Waals surface area contributed by atoms with Crippen LogP contribution in [0.4, 0.5) is 5.69 Å². The predicted octanol–water partition coefficient (Wildman–Crippen LogP) is 5.08. The van der Waals surface area contributed by atoms with E-state index in [0.717, 1.165) is 25.7 Å². The van der Waals surface area contributed by atoms with E-state index in [2.05, 4.69) is 19.1 Å². The minimum atomic E-state index is -1.83. The molecule has 0 fully saturated rings. The monoisotopic (exact) mass is 427 g/mol. The molecule has 1 heterocycles. The molecule has 1 aliphatic heterocycles. The number of nitrogens with zero attached hydrogens (tertiary/aromatic N) is 1. The van der Waals surface area contributed by atoms with E-state index in [9.17, 15) is 14.7 Å². The molecule has 0 aliphatic carbocycles. The Kier molecular flexibility index (Phi) is 6.52. The molecule has 32 heavy (non-hydrogen) atoms. The number of ketones is 1. The van der Waals surface area contributed by atoms with Crippen molar-refractivity contribution < 1.29 is 14.7 Å². The molecule has 164 valence electrons. The molecule has 1 aliphatic rings. The van der Waals surface area contributed by atoms with Crippen LogP contribution in [0.15, 0.2) is 78.9 Å². The number of aryl methyl sites for hydroxylation is 2. The van der Waals surface area contributed by atoms with Crippen molar-refractivity contribution in [3.63, 3.8) is 0 Å². The van der Waals surface area contributed by atoms with Crippen molar-refractivity contribution in [1.82, 2.24) is 0 Å². The first-order valence-electron chi connectivity index (χ1n) is 11.3. The number of benzene rings is 3. The van der Waals surface area contributed by atoms with Gasteiger partial charge in [-0.2, -0.15) is 0 Å². The SMILES string of the molecule is CCCc1ccc(C(=O)CC2(O)C(=O)N(CCCc3ccccc3)c3ccccc32)cc1. The lowest BCUT2D eigenvalue weighted by atomic mass is 9.88. The molecule has 3 aromatic carbocycles. The fourth-order valence-corrected chi connectivity index (χ4v) is 4.47. The van der Waals surface area contributed by atoms with Crippen LogP contribution in [0.25, 0.3) is 0 Å². The average Bonchev–Trinajstić information content (AvgIpc) is 3.02. The first-order valence-corrected chi connectivity index (χ1v) is 11.3. The zero-order valence-electron chi connectivity index (χ0n) is 18.5. The highest BCUT2D eigenvalue weighted by molar-refractivity contribution is 6.10. The summed E-state index contributed by atoms with van der Waals surface area (Å²) in [5.41, 5.74) is 2.28. The van der Waals surface area contributed by atoms with Crippen molar-refractivity contribution >= 4 is 17.4 Å². The topological polar surface area (TPSA) is 57.6 Å². The van der Waals surface area contributed by atoms with E-state index in [0.29, 0.717) is 23.4 Å². The van der Waals surface area contributed by atoms with Crippen LogP contribution in [0.5, 0.6) is 0 Å². The van der Waals surface area contributed by atoms with Gasteiger partial charge < -0.3 is 10.0 Å². The van der Waals surface area contributed by atoms with Crippen molar-refractivity contribution in [2.75, 3.05) is 11.4 Å². The quantitative estimate of drug-likeness (QED) is 0.485. The van der Waals surface area contributed by atoms with E-state index in [-0.39, 0.29) is 12.2 Å². The second-order valence-corrected chi connectivity index (χ2v) is 8.47. The van der Waals surface area contributed by atoms with E-state index in [1.54, 1.807) is 29.2 Å². The zero-order valence-corrected chi connectivity index (χ0v) is 18.5. The fraction of sp³-hybridized carbons (Fsp3) is 0.286. The number of carbonyl (C=O) groups is 2. The maximum Gasteiger partial charge on any atom is 0.264 e. The maximum absolute atomic E-state index is 13.4. The molecular weight excluding hydrogens is 398 g/mol. The highest BCUT2D eigenvalue weighted by atomic mass is 16.3. The third kappa shape index (κ3) is 4.37. The number of amides is 1. The van der Waals surface area contributed by atoms with Gasteiger partial charge in [-0.05, 0) is 36.5 Å². The van der Waals surface area contributed by atoms with Gasteiger partial charge >= 0.3 is 0 Å². The molecule has 4 rings (SSSR count). The third-order valence-corrected chi connectivity index (χ3v) is 6.16. The van der Waals surface area contributed by atoms with E-state index < -0.39 is 11.5 Å². The maximum atomic E-state index is 13.4. The fourth-order valence-electron chi connectivity index (χ4n) is 4.47. The number of anilines is 1. The number of hydrogen-bond donors (Lipinski definition) is 1. The van der Waals surface area contributed by atoms with Crippen molar-refractivity contribution in [3.8, 4) is 0 Å². The van der Waals surface area contributed by atoms with Gasteiger partial charge in [-0.15, -0.1) is 0 Å². The summed E-state index contributed by atoms with van der Waals surface area (Å²) in [5.74, 6) is -0.646. The number of fused-ring (bicyclic) bond motifs is 1. The van der Waals surface area contributed by atoms with E-state index >= 15 is 0 Å². The van der Waals surface area contributed by atoms with Gasteiger partial charge in [-0.1, -0.05) is 86.1 Å². The predicted molar refractivity (Wildman–Crippen MR) is 127 cm³/mol. The molecule has 0 saturated heterocycles. The summed E-state index contributed by atoms with van der Waals surface area (Å²) in [6.07, 6.45) is 3.35. The van der Waals surface area contributed by atoms with Crippen LogP contribution in [0, 0.1) is 0 Å². The molecule has 3 aromatic rings. The van der Waals surface area contributed by atoms with Gasteiger partial charge in [0, 0.05) is 17.7 Å². The molecule has 0 spiro atoms. The lowest BCUT2D eigenvalue weighted by Gasteiger charge is -2.23. The Morgan fingerprint density at radius 2 is 1.53 bits per heavy atom. The second-order valence-electron chi connectivity index (χ2n) is 8.47. The summed E-state index contributed by atoms with van der Waals surface area (Å²) in [5, 5.41) is 11.5. The molecule has 1 N–H and O–H groups in total. The Hall–Kier alpha value is -3.24. The number of rotatable bonds is 9. The Bertz CT molecular complexity index is 1090. The largest absolute Gasteiger partial charge is 0.375 e. The van der Waals surface area contributed by atoms with Gasteiger partial charge in [0.25, 0.3) is 5.91 Å². The molecule has 4 heteroatoms. The molecule has 1 amide bonds. The van der Waals surface area contributed by atoms with Crippen LogP contribution in [0.3, 0.4) is 0 Å². The molecule has 0 saturated carbocycles. The van der Waals surface area contributed by atoms with Crippen LogP contribution in [-0.2, 0) is 23.2 Å². The van der Waals surface area contributed by atoms with E-state index in [4.69, 9.17) is 0 Å². The highest BCUT2D eigenvalue weighted by Crippen LogP contribution is 2.43. The molecule has 4 nitrogen and oxygen atoms in total. The van der Waals surface area contributed by atoms with Crippen molar-refractivity contribution in [2.45, 2.75) is 44.6 Å². The second kappa shape index (κ2) is 9.49. The number of aliphatic hydroxyl groups is 1. The third-order valence-electron chi connectivity index (χ3n) is 6.16. The lowest BCUT2D eigenvalue weighted by Crippen LogP contribution is -2.42. The number of hydrogen-bond acceptors (Lipinski definition) is 3. The van der Waals surface area contributed by atoms with Gasteiger partial charge in [0.2, 0.25) is 0 Å². The molecule has 0 radical (unpaired) electrons. The molecule has 0 bridgehead atoms. The van der Waals surface area contributed by atoms with Crippen LogP contribution in [0.2, 0.25) is 0 Å². The normalized spacial score (nSPS) is 17.4. The van der Waals surface area contributed by atoms with Crippen LogP contribution >= 0.6 is 0 Å². The van der Waals surface area contributed by atoms with Crippen LogP contribution in [-0.4, -0.2) is 23.3 Å². The van der Waals surface area contributed by atoms with E-state index in [1.807, 2.05) is 42.5 Å². The number of carbonyl (C=O) groups excluding carboxylic acids is 2. The zero-order chi connectivity index (χ0) is 22.6. The van der Waals surface area contributed by atoms with Crippen LogP contribution < -0.4 is 4.90 Å². The average molecular weight is 428 g/mol. The first-order chi connectivity index (χ1) is 15.5. The summed E-state index contributed by atoms with van der Waals surface area (Å²) in [6.45, 7) is 2.61. The van der Waals surface area contributed by atoms with Gasteiger partial charge in [-0.3, -0.25) is 9.59 Å². The van der Waals surface area contributed by atoms with E-state index in [1.165, 1.54) is 11.1 Å². The number of Topliss-reactive ketones (excluding diaryl/α,β-unsaturated/α-hetero) is 1.